The molecule has 1 aliphatic heterocycles. The number of carbonyl (C=O) groups excluding carboxylic acids is 1. The van der Waals surface area contributed by atoms with Crippen molar-refractivity contribution >= 4 is 12.0 Å². The zero-order valence-electron chi connectivity index (χ0n) is 9.32. The predicted octanol–water partition coefficient (Wildman–Crippen LogP) is 1.98. The van der Waals surface area contributed by atoms with E-state index in [1.54, 1.807) is 0 Å². The lowest BCUT2D eigenvalue weighted by molar-refractivity contribution is 0.0535. The number of fused-ring (bicyclic) bond motifs is 1. The van der Waals surface area contributed by atoms with Crippen molar-refractivity contribution in [2.45, 2.75) is 13.0 Å². The molecular formula is C13H15NO2. The molecule has 0 aliphatic carbocycles. The minimum atomic E-state index is -0.208. The SMILES string of the molecule is CNCCC=Cc1ccc2c(c1)COC2=O. The van der Waals surface area contributed by atoms with E-state index in [2.05, 4.69) is 17.5 Å². The molecule has 2 rings (SSSR count). The summed E-state index contributed by atoms with van der Waals surface area (Å²) in [5.41, 5.74) is 2.81. The minimum Gasteiger partial charge on any atom is -0.457 e. The highest BCUT2D eigenvalue weighted by molar-refractivity contribution is 5.93. The van der Waals surface area contributed by atoms with E-state index >= 15 is 0 Å². The van der Waals surface area contributed by atoms with Crippen LogP contribution >= 0.6 is 0 Å². The van der Waals surface area contributed by atoms with Crippen molar-refractivity contribution in [2.75, 3.05) is 13.6 Å². The number of nitrogens with one attached hydrogen (secondary N) is 1. The largest absolute Gasteiger partial charge is 0.457 e. The number of esters is 1. The lowest BCUT2D eigenvalue weighted by Crippen LogP contribution is -2.05. The van der Waals surface area contributed by atoms with Crippen molar-refractivity contribution < 1.29 is 9.53 Å². The number of hydrogen-bond acceptors (Lipinski definition) is 3. The molecule has 1 N–H and O–H groups in total. The Kier molecular flexibility index (Phi) is 3.37. The van der Waals surface area contributed by atoms with Crippen molar-refractivity contribution in [1.82, 2.24) is 5.32 Å². The first-order valence-electron chi connectivity index (χ1n) is 5.42. The molecule has 3 heteroatoms. The number of ether oxygens (including phenoxy) is 1. The average molecular weight is 217 g/mol. The maximum Gasteiger partial charge on any atom is 0.338 e. The topological polar surface area (TPSA) is 38.3 Å². The van der Waals surface area contributed by atoms with Gasteiger partial charge in [-0.1, -0.05) is 18.2 Å². The van der Waals surface area contributed by atoms with Gasteiger partial charge in [-0.25, -0.2) is 4.79 Å². The smallest absolute Gasteiger partial charge is 0.338 e. The molecule has 0 fully saturated rings. The standard InChI is InChI=1S/C13H15NO2/c1-14-7-3-2-4-10-5-6-12-11(8-10)9-16-13(12)15/h2,4-6,8,14H,3,7,9H2,1H3. The summed E-state index contributed by atoms with van der Waals surface area (Å²) in [5, 5.41) is 3.09. The Balaban J connectivity index is 2.07. The van der Waals surface area contributed by atoms with Crippen LogP contribution in [0.5, 0.6) is 0 Å². The van der Waals surface area contributed by atoms with Crippen molar-refractivity contribution in [3.8, 4) is 0 Å². The molecule has 3 nitrogen and oxygen atoms in total. The molecule has 0 radical (unpaired) electrons. The number of carbonyl (C=O) groups is 1. The van der Waals surface area contributed by atoms with Gasteiger partial charge in [0, 0.05) is 5.56 Å². The van der Waals surface area contributed by atoms with E-state index in [1.165, 1.54) is 0 Å². The normalized spacial score (nSPS) is 14.2. The van der Waals surface area contributed by atoms with Crippen LogP contribution in [0.25, 0.3) is 6.08 Å². The Bertz CT molecular complexity index is 424. The molecule has 0 saturated carbocycles. The van der Waals surface area contributed by atoms with Crippen LogP contribution in [0.3, 0.4) is 0 Å². The molecule has 84 valence electrons. The maximum absolute atomic E-state index is 11.2. The van der Waals surface area contributed by atoms with Crippen LogP contribution in [0.2, 0.25) is 0 Å². The number of cyclic esters (lactones) is 1. The summed E-state index contributed by atoms with van der Waals surface area (Å²) in [6, 6.07) is 5.79. The highest BCUT2D eigenvalue weighted by Crippen LogP contribution is 2.21. The van der Waals surface area contributed by atoms with Crippen molar-refractivity contribution in [1.29, 1.82) is 0 Å². The Morgan fingerprint density at radius 1 is 1.50 bits per heavy atom. The first-order valence-corrected chi connectivity index (χ1v) is 5.42. The van der Waals surface area contributed by atoms with E-state index in [-0.39, 0.29) is 5.97 Å². The fourth-order valence-corrected chi connectivity index (χ4v) is 1.70. The summed E-state index contributed by atoms with van der Waals surface area (Å²) in [4.78, 5) is 11.2. The van der Waals surface area contributed by atoms with Gasteiger partial charge >= 0.3 is 5.97 Å². The predicted molar refractivity (Wildman–Crippen MR) is 63.1 cm³/mol. The third-order valence-corrected chi connectivity index (χ3v) is 2.58. The first kappa shape index (κ1) is 10.9. The number of hydrogen-bond donors (Lipinski definition) is 1. The summed E-state index contributed by atoms with van der Waals surface area (Å²) in [7, 11) is 1.94. The third kappa shape index (κ3) is 2.31. The fourth-order valence-electron chi connectivity index (χ4n) is 1.70. The van der Waals surface area contributed by atoms with Gasteiger partial charge < -0.3 is 10.1 Å². The second kappa shape index (κ2) is 4.94. The van der Waals surface area contributed by atoms with E-state index in [0.29, 0.717) is 12.2 Å². The minimum absolute atomic E-state index is 0.208. The van der Waals surface area contributed by atoms with Crippen LogP contribution in [0.1, 0.15) is 27.9 Å². The lowest BCUT2D eigenvalue weighted by atomic mass is 10.1. The lowest BCUT2D eigenvalue weighted by Gasteiger charge is -1.97. The van der Waals surface area contributed by atoms with Crippen LogP contribution in [-0.4, -0.2) is 19.6 Å². The van der Waals surface area contributed by atoms with Gasteiger partial charge in [-0.05, 0) is 37.7 Å². The van der Waals surface area contributed by atoms with Crippen molar-refractivity contribution in [3.63, 3.8) is 0 Å². The van der Waals surface area contributed by atoms with Crippen LogP contribution in [0.15, 0.2) is 24.3 Å². The second-order valence-electron chi connectivity index (χ2n) is 3.79. The number of rotatable bonds is 4. The van der Waals surface area contributed by atoms with Crippen LogP contribution in [-0.2, 0) is 11.3 Å². The Hall–Kier alpha value is -1.61. The Labute approximate surface area is 95.1 Å². The van der Waals surface area contributed by atoms with Gasteiger partial charge in [0.15, 0.2) is 0 Å². The Morgan fingerprint density at radius 3 is 3.19 bits per heavy atom. The van der Waals surface area contributed by atoms with Gasteiger partial charge in [0.2, 0.25) is 0 Å². The molecule has 0 atom stereocenters. The molecule has 1 heterocycles. The summed E-state index contributed by atoms with van der Waals surface area (Å²) in [6.45, 7) is 1.38. The van der Waals surface area contributed by atoms with E-state index in [9.17, 15) is 4.79 Å². The quantitative estimate of drug-likeness (QED) is 0.619. The molecule has 0 aromatic heterocycles. The first-order chi connectivity index (χ1) is 7.81. The van der Waals surface area contributed by atoms with Gasteiger partial charge in [-0.2, -0.15) is 0 Å². The molecule has 0 bridgehead atoms. The summed E-state index contributed by atoms with van der Waals surface area (Å²) in [5.74, 6) is -0.208. The van der Waals surface area contributed by atoms with Gasteiger partial charge in [0.1, 0.15) is 6.61 Å². The monoisotopic (exact) mass is 217 g/mol. The van der Waals surface area contributed by atoms with Gasteiger partial charge in [0.25, 0.3) is 0 Å². The average Bonchev–Trinajstić information content (AvgIpc) is 2.66. The molecule has 1 aromatic carbocycles. The molecule has 0 amide bonds. The van der Waals surface area contributed by atoms with Crippen LogP contribution < -0.4 is 5.32 Å². The van der Waals surface area contributed by atoms with E-state index in [0.717, 1.165) is 24.1 Å². The Morgan fingerprint density at radius 2 is 2.38 bits per heavy atom. The molecule has 16 heavy (non-hydrogen) atoms. The molecule has 0 spiro atoms. The molecule has 1 aromatic rings. The van der Waals surface area contributed by atoms with Crippen molar-refractivity contribution in [2.24, 2.45) is 0 Å². The second-order valence-corrected chi connectivity index (χ2v) is 3.79. The van der Waals surface area contributed by atoms with Gasteiger partial charge in [-0.3, -0.25) is 0 Å². The number of benzene rings is 1. The summed E-state index contributed by atoms with van der Waals surface area (Å²) >= 11 is 0. The van der Waals surface area contributed by atoms with Gasteiger partial charge in [0.05, 0.1) is 5.56 Å². The highest BCUT2D eigenvalue weighted by Gasteiger charge is 2.20. The van der Waals surface area contributed by atoms with E-state index in [4.69, 9.17) is 4.74 Å². The van der Waals surface area contributed by atoms with Crippen LogP contribution in [0.4, 0.5) is 0 Å². The van der Waals surface area contributed by atoms with E-state index in [1.807, 2.05) is 25.2 Å². The molecule has 1 aliphatic rings. The highest BCUT2D eigenvalue weighted by atomic mass is 16.5. The van der Waals surface area contributed by atoms with Crippen molar-refractivity contribution in [3.05, 3.63) is 41.0 Å². The van der Waals surface area contributed by atoms with Crippen LogP contribution in [0, 0.1) is 0 Å². The molecule has 0 unspecified atom stereocenters. The summed E-state index contributed by atoms with van der Waals surface area (Å²) in [6.07, 6.45) is 5.19. The summed E-state index contributed by atoms with van der Waals surface area (Å²) < 4.78 is 4.95. The van der Waals surface area contributed by atoms with Gasteiger partial charge in [-0.15, -0.1) is 0 Å². The zero-order valence-corrected chi connectivity index (χ0v) is 9.32. The fraction of sp³-hybridized carbons (Fsp3) is 0.308. The van der Waals surface area contributed by atoms with E-state index < -0.39 is 0 Å². The molecular weight excluding hydrogens is 202 g/mol. The third-order valence-electron chi connectivity index (χ3n) is 2.58. The zero-order chi connectivity index (χ0) is 11.4. The molecule has 0 saturated heterocycles. The maximum atomic E-state index is 11.2.